The maximum absolute atomic E-state index is 10.7. The zero-order chi connectivity index (χ0) is 13.1. The SMILES string of the molecule is CC1CC(OCc2csc(C(=O)O)n2)CC(C)O1. The Morgan fingerprint density at radius 3 is 2.78 bits per heavy atom. The molecule has 0 radical (unpaired) electrons. The summed E-state index contributed by atoms with van der Waals surface area (Å²) >= 11 is 1.13. The first-order valence-electron chi connectivity index (χ1n) is 5.99. The van der Waals surface area contributed by atoms with E-state index in [0.29, 0.717) is 12.3 Å². The van der Waals surface area contributed by atoms with Gasteiger partial charge in [0, 0.05) is 5.38 Å². The van der Waals surface area contributed by atoms with Crippen LogP contribution in [0.1, 0.15) is 42.2 Å². The number of hydrogen-bond donors (Lipinski definition) is 1. The van der Waals surface area contributed by atoms with Crippen LogP contribution < -0.4 is 0 Å². The first kappa shape index (κ1) is 13.5. The summed E-state index contributed by atoms with van der Waals surface area (Å²) in [7, 11) is 0. The lowest BCUT2D eigenvalue weighted by Crippen LogP contribution is -2.34. The molecule has 1 aliphatic heterocycles. The van der Waals surface area contributed by atoms with Crippen molar-refractivity contribution >= 4 is 17.3 Å². The number of thiazole rings is 1. The van der Waals surface area contributed by atoms with Gasteiger partial charge in [0.15, 0.2) is 0 Å². The van der Waals surface area contributed by atoms with Crippen LogP contribution in [0.25, 0.3) is 0 Å². The minimum absolute atomic E-state index is 0.113. The van der Waals surface area contributed by atoms with E-state index in [2.05, 4.69) is 4.98 Å². The third-order valence-electron chi connectivity index (χ3n) is 2.86. The highest BCUT2D eigenvalue weighted by Crippen LogP contribution is 2.22. The zero-order valence-electron chi connectivity index (χ0n) is 10.5. The molecule has 0 saturated carbocycles. The summed E-state index contributed by atoms with van der Waals surface area (Å²) < 4.78 is 11.4. The fourth-order valence-corrected chi connectivity index (χ4v) is 2.79. The maximum Gasteiger partial charge on any atom is 0.365 e. The van der Waals surface area contributed by atoms with Gasteiger partial charge >= 0.3 is 5.97 Å². The molecule has 1 aromatic rings. The Balaban J connectivity index is 1.85. The second-order valence-electron chi connectivity index (χ2n) is 4.61. The second kappa shape index (κ2) is 5.77. The molecule has 1 saturated heterocycles. The normalized spacial score (nSPS) is 28.2. The van der Waals surface area contributed by atoms with Gasteiger partial charge in [0.25, 0.3) is 0 Å². The molecular formula is C12H17NO4S. The average Bonchev–Trinajstić information content (AvgIpc) is 2.73. The molecule has 0 aromatic carbocycles. The fraction of sp³-hybridized carbons (Fsp3) is 0.667. The van der Waals surface area contributed by atoms with Crippen LogP contribution in [-0.2, 0) is 16.1 Å². The number of carbonyl (C=O) groups is 1. The van der Waals surface area contributed by atoms with E-state index < -0.39 is 5.97 Å². The lowest BCUT2D eigenvalue weighted by Gasteiger charge is -2.31. The van der Waals surface area contributed by atoms with Crippen molar-refractivity contribution in [3.8, 4) is 0 Å². The molecule has 5 nitrogen and oxygen atoms in total. The van der Waals surface area contributed by atoms with Gasteiger partial charge in [-0.2, -0.15) is 0 Å². The van der Waals surface area contributed by atoms with Crippen molar-refractivity contribution in [3.05, 3.63) is 16.1 Å². The molecule has 6 heteroatoms. The molecule has 1 aromatic heterocycles. The van der Waals surface area contributed by atoms with Gasteiger partial charge in [0.05, 0.1) is 30.6 Å². The maximum atomic E-state index is 10.7. The molecule has 1 fully saturated rings. The third-order valence-corrected chi connectivity index (χ3v) is 3.73. The highest BCUT2D eigenvalue weighted by Gasteiger charge is 2.25. The molecule has 2 atom stereocenters. The lowest BCUT2D eigenvalue weighted by atomic mass is 10.0. The predicted molar refractivity (Wildman–Crippen MR) is 66.9 cm³/mol. The summed E-state index contributed by atoms with van der Waals surface area (Å²) in [6, 6.07) is 0. The monoisotopic (exact) mass is 271 g/mol. The fourth-order valence-electron chi connectivity index (χ4n) is 2.16. The van der Waals surface area contributed by atoms with Gasteiger partial charge in [-0.25, -0.2) is 9.78 Å². The topological polar surface area (TPSA) is 68.7 Å². The largest absolute Gasteiger partial charge is 0.476 e. The van der Waals surface area contributed by atoms with Crippen molar-refractivity contribution in [2.24, 2.45) is 0 Å². The summed E-state index contributed by atoms with van der Waals surface area (Å²) in [5.74, 6) is -0.987. The van der Waals surface area contributed by atoms with Crippen LogP contribution in [0.4, 0.5) is 0 Å². The van der Waals surface area contributed by atoms with E-state index >= 15 is 0 Å². The minimum Gasteiger partial charge on any atom is -0.476 e. The highest BCUT2D eigenvalue weighted by atomic mass is 32.1. The minimum atomic E-state index is -0.987. The number of nitrogens with zero attached hydrogens (tertiary/aromatic N) is 1. The number of aromatic carboxylic acids is 1. The number of carboxylic acids is 1. The Morgan fingerprint density at radius 2 is 2.22 bits per heavy atom. The molecule has 2 heterocycles. The van der Waals surface area contributed by atoms with Crippen LogP contribution >= 0.6 is 11.3 Å². The summed E-state index contributed by atoms with van der Waals surface area (Å²) in [6.07, 6.45) is 2.34. The second-order valence-corrected chi connectivity index (χ2v) is 5.47. The van der Waals surface area contributed by atoms with Crippen molar-refractivity contribution < 1.29 is 19.4 Å². The molecule has 100 valence electrons. The number of aromatic nitrogens is 1. The van der Waals surface area contributed by atoms with Crippen LogP contribution in [0.3, 0.4) is 0 Å². The lowest BCUT2D eigenvalue weighted by molar-refractivity contribution is -0.106. The Bertz CT molecular complexity index is 410. The summed E-state index contributed by atoms with van der Waals surface area (Å²) in [5, 5.41) is 10.6. The van der Waals surface area contributed by atoms with E-state index in [1.165, 1.54) is 0 Å². The molecule has 0 bridgehead atoms. The Kier molecular flexibility index (Phi) is 4.31. The average molecular weight is 271 g/mol. The van der Waals surface area contributed by atoms with Gasteiger partial charge in [-0.3, -0.25) is 0 Å². The molecule has 1 N–H and O–H groups in total. The number of ether oxygens (including phenoxy) is 2. The van der Waals surface area contributed by atoms with Gasteiger partial charge in [0.2, 0.25) is 5.01 Å². The molecule has 0 aliphatic carbocycles. The van der Waals surface area contributed by atoms with E-state index in [1.54, 1.807) is 5.38 Å². The standard InChI is InChI=1S/C12H17NO4S/c1-7-3-10(4-8(2)17-7)16-5-9-6-18-11(13-9)12(14)15/h6-8,10H,3-5H2,1-2H3,(H,14,15). The Morgan fingerprint density at radius 1 is 1.56 bits per heavy atom. The molecule has 0 spiro atoms. The molecule has 18 heavy (non-hydrogen) atoms. The van der Waals surface area contributed by atoms with Gasteiger partial charge < -0.3 is 14.6 Å². The number of carboxylic acid groups (broad SMARTS) is 1. The van der Waals surface area contributed by atoms with Crippen molar-refractivity contribution in [1.29, 1.82) is 0 Å². The first-order valence-corrected chi connectivity index (χ1v) is 6.87. The summed E-state index contributed by atoms with van der Waals surface area (Å²) in [6.45, 7) is 4.45. The predicted octanol–water partition coefficient (Wildman–Crippen LogP) is 2.31. The van der Waals surface area contributed by atoms with E-state index in [1.807, 2.05) is 13.8 Å². The Labute approximate surface area is 110 Å². The van der Waals surface area contributed by atoms with Gasteiger partial charge in [-0.05, 0) is 26.7 Å². The van der Waals surface area contributed by atoms with E-state index in [0.717, 1.165) is 24.2 Å². The van der Waals surface area contributed by atoms with Gasteiger partial charge in [-0.15, -0.1) is 11.3 Å². The quantitative estimate of drug-likeness (QED) is 0.910. The molecule has 1 aliphatic rings. The van der Waals surface area contributed by atoms with Crippen LogP contribution in [0.5, 0.6) is 0 Å². The van der Waals surface area contributed by atoms with Gasteiger partial charge in [0.1, 0.15) is 0 Å². The molecule has 0 amide bonds. The Hall–Kier alpha value is -0.980. The van der Waals surface area contributed by atoms with Crippen molar-refractivity contribution in [1.82, 2.24) is 4.98 Å². The van der Waals surface area contributed by atoms with Crippen LogP contribution in [0, 0.1) is 0 Å². The zero-order valence-corrected chi connectivity index (χ0v) is 11.3. The van der Waals surface area contributed by atoms with Crippen molar-refractivity contribution in [2.75, 3.05) is 0 Å². The smallest absolute Gasteiger partial charge is 0.365 e. The van der Waals surface area contributed by atoms with Gasteiger partial charge in [-0.1, -0.05) is 0 Å². The third kappa shape index (κ3) is 3.51. The number of rotatable bonds is 4. The van der Waals surface area contributed by atoms with Crippen LogP contribution in [0.2, 0.25) is 0 Å². The van der Waals surface area contributed by atoms with Crippen molar-refractivity contribution in [3.63, 3.8) is 0 Å². The van der Waals surface area contributed by atoms with E-state index in [4.69, 9.17) is 14.6 Å². The van der Waals surface area contributed by atoms with E-state index in [-0.39, 0.29) is 23.3 Å². The van der Waals surface area contributed by atoms with Crippen LogP contribution in [-0.4, -0.2) is 34.4 Å². The summed E-state index contributed by atoms with van der Waals surface area (Å²) in [4.78, 5) is 14.7. The summed E-state index contributed by atoms with van der Waals surface area (Å²) in [5.41, 5.74) is 0.684. The molecule has 2 rings (SSSR count). The first-order chi connectivity index (χ1) is 8.54. The number of hydrogen-bond acceptors (Lipinski definition) is 5. The molecule has 2 unspecified atom stereocenters. The highest BCUT2D eigenvalue weighted by molar-refractivity contribution is 7.11. The molecular weight excluding hydrogens is 254 g/mol. The van der Waals surface area contributed by atoms with Crippen LogP contribution in [0.15, 0.2) is 5.38 Å². The van der Waals surface area contributed by atoms with E-state index in [9.17, 15) is 4.79 Å². The van der Waals surface area contributed by atoms with Crippen molar-refractivity contribution in [2.45, 2.75) is 51.6 Å².